The second-order valence-electron chi connectivity index (χ2n) is 2.98. The Labute approximate surface area is 101 Å². The first kappa shape index (κ1) is 16.3. The molecule has 0 aliphatic carbocycles. The molecule has 7 heteroatoms. The van der Waals surface area contributed by atoms with Crippen LogP contribution in [0, 0.1) is 0 Å². The van der Waals surface area contributed by atoms with Crippen molar-refractivity contribution < 1.29 is 27.7 Å². The molecule has 1 atom stereocenters. The number of hydrogen-bond donors (Lipinski definition) is 0. The summed E-state index contributed by atoms with van der Waals surface area (Å²) >= 11 is 0. The maximum atomic E-state index is 11.9. The van der Waals surface area contributed by atoms with Crippen LogP contribution in [0.1, 0.15) is 20.8 Å². The predicted octanol–water partition coefficient (Wildman–Crippen LogP) is 2.30. The number of carbonyl (C=O) groups is 1. The number of esters is 1. The maximum absolute atomic E-state index is 11.9. The number of methoxy groups -OCH3 is 1. The quantitative estimate of drug-likeness (QED) is 0.381. The van der Waals surface area contributed by atoms with Crippen LogP contribution >= 0.6 is 7.82 Å². The monoisotopic (exact) mass is 266 g/mol. The summed E-state index contributed by atoms with van der Waals surface area (Å²) in [5.74, 6) is -0.511. The van der Waals surface area contributed by atoms with E-state index in [1.165, 1.54) is 19.3 Å². The number of phosphoric acid groups is 1. The van der Waals surface area contributed by atoms with Gasteiger partial charge < -0.3 is 4.74 Å². The topological polar surface area (TPSA) is 71.1 Å². The SMILES string of the molecule is CCOP(=O)(OCC)O[C@@H](C)/C=C/C(=O)OC. The molecular weight excluding hydrogens is 247 g/mol. The lowest BCUT2D eigenvalue weighted by Crippen LogP contribution is -2.08. The second-order valence-corrected chi connectivity index (χ2v) is 4.60. The standard InChI is InChI=1S/C10H19O6P/c1-5-14-17(12,15-6-2)16-9(3)7-8-10(11)13-4/h7-9H,5-6H2,1-4H3/b8-7+/t9-/m0/s1. The predicted molar refractivity (Wildman–Crippen MR) is 62.6 cm³/mol. The summed E-state index contributed by atoms with van der Waals surface area (Å²) in [7, 11) is -2.28. The molecule has 0 aromatic rings. The Bertz CT molecular complexity index is 291. The summed E-state index contributed by atoms with van der Waals surface area (Å²) in [6.45, 7) is 5.41. The van der Waals surface area contributed by atoms with E-state index >= 15 is 0 Å². The number of phosphoric ester groups is 1. The molecule has 0 aliphatic heterocycles. The number of rotatable bonds is 8. The van der Waals surface area contributed by atoms with E-state index in [2.05, 4.69) is 4.74 Å². The Morgan fingerprint density at radius 3 is 2.24 bits per heavy atom. The highest BCUT2D eigenvalue weighted by atomic mass is 31.2. The molecule has 0 saturated heterocycles. The average molecular weight is 266 g/mol. The van der Waals surface area contributed by atoms with Crippen molar-refractivity contribution in [3.8, 4) is 0 Å². The summed E-state index contributed by atoms with van der Waals surface area (Å²) < 4.78 is 31.3. The maximum Gasteiger partial charge on any atom is 0.475 e. The molecular formula is C10H19O6P. The van der Waals surface area contributed by atoms with Crippen molar-refractivity contribution in [1.82, 2.24) is 0 Å². The van der Waals surface area contributed by atoms with E-state index < -0.39 is 19.9 Å². The minimum atomic E-state index is -3.55. The zero-order valence-corrected chi connectivity index (χ0v) is 11.4. The number of hydrogen-bond acceptors (Lipinski definition) is 6. The lowest BCUT2D eigenvalue weighted by molar-refractivity contribution is -0.134. The summed E-state index contributed by atoms with van der Waals surface area (Å²) in [6, 6.07) is 0. The van der Waals surface area contributed by atoms with Crippen LogP contribution in [0.3, 0.4) is 0 Å². The van der Waals surface area contributed by atoms with Crippen molar-refractivity contribution >= 4 is 13.8 Å². The smallest absolute Gasteiger partial charge is 0.466 e. The van der Waals surface area contributed by atoms with Crippen LogP contribution in [0.5, 0.6) is 0 Å². The fourth-order valence-corrected chi connectivity index (χ4v) is 2.24. The van der Waals surface area contributed by atoms with E-state index in [4.69, 9.17) is 13.6 Å². The molecule has 0 N–H and O–H groups in total. The first-order chi connectivity index (χ1) is 7.97. The van der Waals surface area contributed by atoms with Crippen molar-refractivity contribution in [1.29, 1.82) is 0 Å². The normalized spacial score (nSPS) is 13.9. The van der Waals surface area contributed by atoms with E-state index in [1.54, 1.807) is 20.8 Å². The molecule has 0 spiro atoms. The van der Waals surface area contributed by atoms with Crippen molar-refractivity contribution in [2.75, 3.05) is 20.3 Å². The summed E-state index contributed by atoms with van der Waals surface area (Å²) in [6.07, 6.45) is 2.02. The highest BCUT2D eigenvalue weighted by Crippen LogP contribution is 2.50. The fourth-order valence-electron chi connectivity index (χ4n) is 0.935. The highest BCUT2D eigenvalue weighted by molar-refractivity contribution is 7.48. The van der Waals surface area contributed by atoms with Crippen LogP contribution in [0.2, 0.25) is 0 Å². The number of carbonyl (C=O) groups excluding carboxylic acids is 1. The molecule has 0 fully saturated rings. The van der Waals surface area contributed by atoms with Gasteiger partial charge in [-0.3, -0.25) is 13.6 Å². The molecule has 0 bridgehead atoms. The van der Waals surface area contributed by atoms with Crippen LogP contribution in [-0.2, 0) is 27.7 Å². The van der Waals surface area contributed by atoms with Gasteiger partial charge in [-0.1, -0.05) is 0 Å². The van der Waals surface area contributed by atoms with Crippen molar-refractivity contribution in [2.45, 2.75) is 26.9 Å². The molecule has 0 heterocycles. The van der Waals surface area contributed by atoms with Gasteiger partial charge in [0.2, 0.25) is 0 Å². The minimum absolute atomic E-state index is 0.213. The lowest BCUT2D eigenvalue weighted by atomic mass is 10.3. The van der Waals surface area contributed by atoms with E-state index in [0.29, 0.717) is 0 Å². The molecule has 17 heavy (non-hydrogen) atoms. The number of ether oxygens (including phenoxy) is 1. The molecule has 0 aromatic carbocycles. The average Bonchev–Trinajstić information content (AvgIpc) is 2.26. The molecule has 0 rings (SSSR count). The van der Waals surface area contributed by atoms with Gasteiger partial charge in [0.1, 0.15) is 0 Å². The van der Waals surface area contributed by atoms with Gasteiger partial charge >= 0.3 is 13.8 Å². The third kappa shape index (κ3) is 7.28. The third-order valence-electron chi connectivity index (χ3n) is 1.57. The van der Waals surface area contributed by atoms with Gasteiger partial charge in [-0.15, -0.1) is 0 Å². The molecule has 0 radical (unpaired) electrons. The molecule has 0 aliphatic rings. The van der Waals surface area contributed by atoms with Crippen molar-refractivity contribution in [2.24, 2.45) is 0 Å². The van der Waals surface area contributed by atoms with Crippen molar-refractivity contribution in [3.05, 3.63) is 12.2 Å². The lowest BCUT2D eigenvalue weighted by Gasteiger charge is -2.18. The highest BCUT2D eigenvalue weighted by Gasteiger charge is 2.27. The molecule has 0 saturated carbocycles. The minimum Gasteiger partial charge on any atom is -0.466 e. The Balaban J connectivity index is 4.40. The van der Waals surface area contributed by atoms with Gasteiger partial charge in [0.05, 0.1) is 26.4 Å². The van der Waals surface area contributed by atoms with Crippen LogP contribution in [0.25, 0.3) is 0 Å². The van der Waals surface area contributed by atoms with Crippen molar-refractivity contribution in [3.63, 3.8) is 0 Å². The van der Waals surface area contributed by atoms with Crippen LogP contribution in [0.4, 0.5) is 0 Å². The van der Waals surface area contributed by atoms with Crippen LogP contribution < -0.4 is 0 Å². The molecule has 100 valence electrons. The van der Waals surface area contributed by atoms with Gasteiger partial charge in [0.15, 0.2) is 0 Å². The molecule has 0 amide bonds. The Morgan fingerprint density at radius 2 is 1.82 bits per heavy atom. The van der Waals surface area contributed by atoms with Gasteiger partial charge in [0.25, 0.3) is 0 Å². The van der Waals surface area contributed by atoms with E-state index in [-0.39, 0.29) is 13.2 Å². The largest absolute Gasteiger partial charge is 0.475 e. The van der Waals surface area contributed by atoms with E-state index in [9.17, 15) is 9.36 Å². The Hall–Kier alpha value is -0.680. The third-order valence-corrected chi connectivity index (χ3v) is 3.31. The van der Waals surface area contributed by atoms with E-state index in [0.717, 1.165) is 0 Å². The summed E-state index contributed by atoms with van der Waals surface area (Å²) in [5.41, 5.74) is 0. The summed E-state index contributed by atoms with van der Waals surface area (Å²) in [5, 5.41) is 0. The van der Waals surface area contributed by atoms with Gasteiger partial charge in [-0.25, -0.2) is 9.36 Å². The van der Waals surface area contributed by atoms with Gasteiger partial charge in [-0.05, 0) is 26.8 Å². The Morgan fingerprint density at radius 1 is 1.29 bits per heavy atom. The van der Waals surface area contributed by atoms with Gasteiger partial charge in [-0.2, -0.15) is 0 Å². The fraction of sp³-hybridized carbons (Fsp3) is 0.700. The van der Waals surface area contributed by atoms with Crippen LogP contribution in [-0.4, -0.2) is 32.4 Å². The molecule has 0 aromatic heterocycles. The second kappa shape index (κ2) is 8.42. The first-order valence-electron chi connectivity index (χ1n) is 5.31. The van der Waals surface area contributed by atoms with Gasteiger partial charge in [0, 0.05) is 6.08 Å². The molecule has 0 unspecified atom stereocenters. The molecule has 6 nitrogen and oxygen atoms in total. The zero-order valence-electron chi connectivity index (χ0n) is 10.5. The zero-order chi connectivity index (χ0) is 13.3. The van der Waals surface area contributed by atoms with Crippen LogP contribution in [0.15, 0.2) is 12.2 Å². The first-order valence-corrected chi connectivity index (χ1v) is 6.77. The Kier molecular flexibility index (Phi) is 8.08. The summed E-state index contributed by atoms with van der Waals surface area (Å²) in [4.78, 5) is 10.8. The van der Waals surface area contributed by atoms with E-state index in [1.807, 2.05) is 0 Å².